The number of rotatable bonds is 7. The van der Waals surface area contributed by atoms with Gasteiger partial charge in [-0.15, -0.1) is 0 Å². The van der Waals surface area contributed by atoms with E-state index in [0.717, 1.165) is 46.1 Å². The van der Waals surface area contributed by atoms with E-state index in [2.05, 4.69) is 20.0 Å². The monoisotopic (exact) mass is 459 g/mol. The van der Waals surface area contributed by atoms with Gasteiger partial charge < -0.3 is 9.88 Å². The smallest absolute Gasteiger partial charge is 0.248 e. The minimum Gasteiger partial charge on any atom is -0.331 e. The van der Waals surface area contributed by atoms with Crippen LogP contribution >= 0.6 is 11.6 Å². The molecule has 1 N–H and O–H groups in total. The molecule has 0 unspecified atom stereocenters. The molecular formula is C26H26ClN5O. The summed E-state index contributed by atoms with van der Waals surface area (Å²) in [7, 11) is 0. The summed E-state index contributed by atoms with van der Waals surface area (Å²) in [5.41, 5.74) is 5.67. The van der Waals surface area contributed by atoms with E-state index in [-0.39, 0.29) is 5.91 Å². The number of carbonyl (C=O) groups excluding carboxylic acids is 1. The molecule has 0 radical (unpaired) electrons. The van der Waals surface area contributed by atoms with E-state index in [1.165, 1.54) is 0 Å². The van der Waals surface area contributed by atoms with Gasteiger partial charge in [-0.05, 0) is 56.2 Å². The van der Waals surface area contributed by atoms with Crippen molar-refractivity contribution in [3.8, 4) is 0 Å². The Kier molecular flexibility index (Phi) is 6.75. The molecule has 0 bridgehead atoms. The molecule has 0 aliphatic rings. The normalized spacial score (nSPS) is 11.3. The third-order valence-electron chi connectivity index (χ3n) is 5.61. The molecule has 0 fully saturated rings. The fraction of sp³-hybridized carbons (Fsp3) is 0.192. The number of aryl methyl sites for hydroxylation is 2. The summed E-state index contributed by atoms with van der Waals surface area (Å²) < 4.78 is 3.99. The van der Waals surface area contributed by atoms with Crippen molar-refractivity contribution in [1.29, 1.82) is 0 Å². The molecule has 6 nitrogen and oxygen atoms in total. The second-order valence-electron chi connectivity index (χ2n) is 7.96. The standard InChI is InChI=1S/C26H26ClN5O/c1-18-24(19(2)32(30-18)17-22-6-4-5-7-25(22)27)12-13-26(33)29-23-10-8-21(9-11-23)16-31-15-14-28-20(31)3/h4-15H,16-17H2,1-3H3,(H,29,33)/b13-12+. The highest BCUT2D eigenvalue weighted by Gasteiger charge is 2.11. The lowest BCUT2D eigenvalue weighted by Crippen LogP contribution is -2.08. The first-order chi connectivity index (χ1) is 15.9. The number of hydrogen-bond acceptors (Lipinski definition) is 3. The van der Waals surface area contributed by atoms with Gasteiger partial charge in [-0.25, -0.2) is 4.98 Å². The molecule has 4 rings (SSSR count). The van der Waals surface area contributed by atoms with Crippen LogP contribution in [0.25, 0.3) is 6.08 Å². The summed E-state index contributed by atoms with van der Waals surface area (Å²) in [5.74, 6) is 0.782. The van der Waals surface area contributed by atoms with Crippen LogP contribution in [0.4, 0.5) is 5.69 Å². The van der Waals surface area contributed by atoms with Crippen LogP contribution in [0.1, 0.15) is 33.9 Å². The van der Waals surface area contributed by atoms with Crippen molar-refractivity contribution >= 4 is 29.3 Å². The Bertz CT molecular complexity index is 1300. The van der Waals surface area contributed by atoms with E-state index >= 15 is 0 Å². The van der Waals surface area contributed by atoms with Crippen LogP contribution < -0.4 is 5.32 Å². The minimum atomic E-state index is -0.189. The summed E-state index contributed by atoms with van der Waals surface area (Å²) in [6, 6.07) is 15.6. The highest BCUT2D eigenvalue weighted by atomic mass is 35.5. The number of nitrogens with one attached hydrogen (secondary N) is 1. The Labute approximate surface area is 198 Å². The van der Waals surface area contributed by atoms with Crippen molar-refractivity contribution < 1.29 is 4.79 Å². The van der Waals surface area contributed by atoms with Gasteiger partial charge in [-0.1, -0.05) is 41.9 Å². The molecule has 2 aromatic heterocycles. The topological polar surface area (TPSA) is 64.7 Å². The summed E-state index contributed by atoms with van der Waals surface area (Å²) in [5, 5.41) is 8.25. The molecule has 0 spiro atoms. The van der Waals surface area contributed by atoms with Crippen molar-refractivity contribution in [3.05, 3.63) is 106 Å². The van der Waals surface area contributed by atoms with E-state index in [1.807, 2.05) is 86.3 Å². The van der Waals surface area contributed by atoms with Gasteiger partial charge in [0.05, 0.1) is 12.2 Å². The number of hydrogen-bond donors (Lipinski definition) is 1. The van der Waals surface area contributed by atoms with Crippen molar-refractivity contribution in [2.45, 2.75) is 33.9 Å². The lowest BCUT2D eigenvalue weighted by atomic mass is 10.1. The zero-order valence-electron chi connectivity index (χ0n) is 18.9. The van der Waals surface area contributed by atoms with E-state index in [0.29, 0.717) is 11.6 Å². The van der Waals surface area contributed by atoms with Gasteiger partial charge in [-0.2, -0.15) is 5.10 Å². The van der Waals surface area contributed by atoms with Crippen molar-refractivity contribution in [3.63, 3.8) is 0 Å². The maximum absolute atomic E-state index is 12.5. The first kappa shape index (κ1) is 22.6. The van der Waals surface area contributed by atoms with Crippen molar-refractivity contribution in [2.75, 3.05) is 5.32 Å². The van der Waals surface area contributed by atoms with Gasteiger partial charge in [0.25, 0.3) is 0 Å². The van der Waals surface area contributed by atoms with Gasteiger partial charge in [0, 0.05) is 47.0 Å². The van der Waals surface area contributed by atoms with Gasteiger partial charge >= 0.3 is 0 Å². The van der Waals surface area contributed by atoms with E-state index in [4.69, 9.17) is 11.6 Å². The molecular weight excluding hydrogens is 434 g/mol. The van der Waals surface area contributed by atoms with Gasteiger partial charge in [-0.3, -0.25) is 9.48 Å². The van der Waals surface area contributed by atoms with Gasteiger partial charge in [0.1, 0.15) is 5.82 Å². The molecule has 2 aromatic carbocycles. The average molecular weight is 460 g/mol. The Morgan fingerprint density at radius 1 is 1.06 bits per heavy atom. The molecule has 168 valence electrons. The molecule has 0 saturated heterocycles. The number of nitrogens with zero attached hydrogens (tertiary/aromatic N) is 4. The van der Waals surface area contributed by atoms with Crippen LogP contribution in [-0.4, -0.2) is 25.2 Å². The first-order valence-electron chi connectivity index (χ1n) is 10.7. The third kappa shape index (κ3) is 5.41. The molecule has 0 atom stereocenters. The highest BCUT2D eigenvalue weighted by Crippen LogP contribution is 2.20. The Morgan fingerprint density at radius 3 is 2.52 bits per heavy atom. The average Bonchev–Trinajstić information content (AvgIpc) is 3.31. The molecule has 1 amide bonds. The number of benzene rings is 2. The molecule has 0 aliphatic heterocycles. The fourth-order valence-corrected chi connectivity index (χ4v) is 3.89. The summed E-state index contributed by atoms with van der Waals surface area (Å²) >= 11 is 6.29. The Hall–Kier alpha value is -3.64. The minimum absolute atomic E-state index is 0.189. The number of imidazole rings is 1. The van der Waals surface area contributed by atoms with E-state index in [1.54, 1.807) is 12.3 Å². The quantitative estimate of drug-likeness (QED) is 0.376. The van der Waals surface area contributed by atoms with Gasteiger partial charge in [0.2, 0.25) is 5.91 Å². The predicted molar refractivity (Wildman–Crippen MR) is 132 cm³/mol. The Balaban J connectivity index is 1.40. The lowest BCUT2D eigenvalue weighted by Gasteiger charge is -2.07. The van der Waals surface area contributed by atoms with Crippen molar-refractivity contribution in [1.82, 2.24) is 19.3 Å². The highest BCUT2D eigenvalue weighted by molar-refractivity contribution is 6.31. The van der Waals surface area contributed by atoms with Crippen LogP contribution in [0.5, 0.6) is 0 Å². The molecule has 0 aliphatic carbocycles. The lowest BCUT2D eigenvalue weighted by molar-refractivity contribution is -0.111. The Morgan fingerprint density at radius 2 is 1.82 bits per heavy atom. The molecule has 33 heavy (non-hydrogen) atoms. The van der Waals surface area contributed by atoms with Crippen molar-refractivity contribution in [2.24, 2.45) is 0 Å². The zero-order chi connectivity index (χ0) is 23.4. The summed E-state index contributed by atoms with van der Waals surface area (Å²) in [6.07, 6.45) is 7.10. The maximum Gasteiger partial charge on any atom is 0.248 e. The fourth-order valence-electron chi connectivity index (χ4n) is 3.70. The SMILES string of the molecule is Cc1nn(Cc2ccccc2Cl)c(C)c1/C=C/C(=O)Nc1ccc(Cn2ccnc2C)cc1. The molecule has 2 heterocycles. The molecule has 0 saturated carbocycles. The number of aromatic nitrogens is 4. The number of anilines is 1. The van der Waals surface area contributed by atoms with Crippen LogP contribution in [0.3, 0.4) is 0 Å². The van der Waals surface area contributed by atoms with Crippen LogP contribution in [-0.2, 0) is 17.9 Å². The largest absolute Gasteiger partial charge is 0.331 e. The predicted octanol–water partition coefficient (Wildman–Crippen LogP) is 5.41. The maximum atomic E-state index is 12.5. The van der Waals surface area contributed by atoms with E-state index < -0.39 is 0 Å². The number of carbonyl (C=O) groups is 1. The number of halogens is 1. The molecule has 7 heteroatoms. The van der Waals surface area contributed by atoms with Gasteiger partial charge in [0.15, 0.2) is 0 Å². The van der Waals surface area contributed by atoms with Crippen LogP contribution in [0.2, 0.25) is 5.02 Å². The van der Waals surface area contributed by atoms with Crippen LogP contribution in [0.15, 0.2) is 67.0 Å². The summed E-state index contributed by atoms with van der Waals surface area (Å²) in [6.45, 7) is 7.24. The second-order valence-corrected chi connectivity index (χ2v) is 8.36. The third-order valence-corrected chi connectivity index (χ3v) is 5.98. The summed E-state index contributed by atoms with van der Waals surface area (Å²) in [4.78, 5) is 16.7. The van der Waals surface area contributed by atoms with E-state index in [9.17, 15) is 4.79 Å². The number of amides is 1. The van der Waals surface area contributed by atoms with Crippen LogP contribution in [0, 0.1) is 20.8 Å². The first-order valence-corrected chi connectivity index (χ1v) is 11.1. The second kappa shape index (κ2) is 9.88. The zero-order valence-corrected chi connectivity index (χ0v) is 19.7. The molecule has 4 aromatic rings.